The summed E-state index contributed by atoms with van der Waals surface area (Å²) in [7, 11) is 0. The zero-order valence-electron chi connectivity index (χ0n) is 19.1. The maximum absolute atomic E-state index is 6.48. The van der Waals surface area contributed by atoms with Crippen molar-refractivity contribution in [3.05, 3.63) is 122 Å². The summed E-state index contributed by atoms with van der Waals surface area (Å²) in [5.74, 6) is 0.741. The van der Waals surface area contributed by atoms with E-state index in [1.54, 1.807) is 6.08 Å². The maximum Gasteiger partial charge on any atom is 0.146 e. The number of para-hydroxylation sites is 3. The standard InChI is InChI=1S/C32H22N2O/c1-3-23-24-19-20-27-29(32(24)35-28(23)4-2)31-30(34(27)22-15-9-6-10-16-22)25-17-11-12-18-26(25)33(31)21-13-7-5-8-14-21/h3-20H,1-2H2. The van der Waals surface area contributed by atoms with E-state index in [2.05, 4.69) is 119 Å². The first-order valence-electron chi connectivity index (χ1n) is 11.7. The molecule has 35 heavy (non-hydrogen) atoms. The van der Waals surface area contributed by atoms with Gasteiger partial charge in [-0.15, -0.1) is 0 Å². The van der Waals surface area contributed by atoms with Crippen molar-refractivity contribution in [2.45, 2.75) is 0 Å². The molecule has 7 rings (SSSR count). The Morgan fingerprint density at radius 2 is 1.20 bits per heavy atom. The molecule has 0 spiro atoms. The minimum absolute atomic E-state index is 0.741. The molecular weight excluding hydrogens is 428 g/mol. The Kier molecular flexibility index (Phi) is 4.15. The topological polar surface area (TPSA) is 23.0 Å². The molecule has 3 heterocycles. The number of aromatic nitrogens is 2. The van der Waals surface area contributed by atoms with Crippen LogP contribution in [0.2, 0.25) is 0 Å². The lowest BCUT2D eigenvalue weighted by atomic mass is 10.1. The fourth-order valence-electron chi connectivity index (χ4n) is 5.46. The van der Waals surface area contributed by atoms with Gasteiger partial charge >= 0.3 is 0 Å². The number of hydrogen-bond donors (Lipinski definition) is 0. The number of fused-ring (bicyclic) bond motifs is 7. The Morgan fingerprint density at radius 3 is 1.86 bits per heavy atom. The van der Waals surface area contributed by atoms with Gasteiger partial charge in [-0.05, 0) is 48.5 Å². The third-order valence-electron chi connectivity index (χ3n) is 6.87. The molecule has 0 aliphatic carbocycles. The van der Waals surface area contributed by atoms with E-state index in [-0.39, 0.29) is 0 Å². The van der Waals surface area contributed by atoms with Gasteiger partial charge in [-0.1, -0.05) is 73.8 Å². The normalized spacial score (nSPS) is 11.7. The van der Waals surface area contributed by atoms with Gasteiger partial charge in [0.25, 0.3) is 0 Å². The fraction of sp³-hybridized carbons (Fsp3) is 0. The summed E-state index contributed by atoms with van der Waals surface area (Å²) in [6, 6.07) is 34.0. The van der Waals surface area contributed by atoms with Crippen LogP contribution in [0, 0.1) is 0 Å². The number of rotatable bonds is 4. The van der Waals surface area contributed by atoms with Crippen LogP contribution in [0.15, 0.2) is 115 Å². The Labute approximate surface area is 202 Å². The van der Waals surface area contributed by atoms with Crippen LogP contribution in [0.5, 0.6) is 0 Å². The predicted molar refractivity (Wildman–Crippen MR) is 148 cm³/mol. The van der Waals surface area contributed by atoms with Gasteiger partial charge in [-0.2, -0.15) is 0 Å². The van der Waals surface area contributed by atoms with E-state index in [0.29, 0.717) is 0 Å². The van der Waals surface area contributed by atoms with E-state index in [4.69, 9.17) is 4.42 Å². The molecule has 166 valence electrons. The minimum Gasteiger partial charge on any atom is -0.455 e. The molecule has 0 saturated carbocycles. The summed E-state index contributed by atoms with van der Waals surface area (Å²) in [6.07, 6.45) is 3.62. The van der Waals surface area contributed by atoms with E-state index in [0.717, 1.165) is 61.1 Å². The van der Waals surface area contributed by atoms with Gasteiger partial charge in [0.2, 0.25) is 0 Å². The molecule has 3 aromatic heterocycles. The van der Waals surface area contributed by atoms with Crippen molar-refractivity contribution in [1.82, 2.24) is 9.13 Å². The third kappa shape index (κ3) is 2.61. The first-order chi connectivity index (χ1) is 17.3. The quantitative estimate of drug-likeness (QED) is 0.263. The average molecular weight is 451 g/mol. The number of benzene rings is 4. The van der Waals surface area contributed by atoms with Gasteiger partial charge in [0.1, 0.15) is 11.3 Å². The van der Waals surface area contributed by atoms with Crippen LogP contribution in [-0.4, -0.2) is 9.13 Å². The minimum atomic E-state index is 0.741. The average Bonchev–Trinajstić information content (AvgIpc) is 3.56. The van der Waals surface area contributed by atoms with Crippen LogP contribution in [-0.2, 0) is 0 Å². The molecule has 0 N–H and O–H groups in total. The lowest BCUT2D eigenvalue weighted by Gasteiger charge is -2.09. The summed E-state index contributed by atoms with van der Waals surface area (Å²) < 4.78 is 11.2. The fourth-order valence-corrected chi connectivity index (χ4v) is 5.46. The van der Waals surface area contributed by atoms with Crippen LogP contribution in [0.25, 0.3) is 67.3 Å². The summed E-state index contributed by atoms with van der Waals surface area (Å²) in [6.45, 7) is 8.02. The highest BCUT2D eigenvalue weighted by molar-refractivity contribution is 6.26. The lowest BCUT2D eigenvalue weighted by Crippen LogP contribution is -1.93. The van der Waals surface area contributed by atoms with Crippen LogP contribution >= 0.6 is 0 Å². The molecule has 0 saturated heterocycles. The Morgan fingerprint density at radius 1 is 0.571 bits per heavy atom. The van der Waals surface area contributed by atoms with Crippen molar-refractivity contribution in [3.8, 4) is 11.4 Å². The second kappa shape index (κ2) is 7.37. The molecule has 0 amide bonds. The molecule has 0 bridgehead atoms. The van der Waals surface area contributed by atoms with Crippen LogP contribution in [0.3, 0.4) is 0 Å². The molecule has 0 radical (unpaired) electrons. The Balaban J connectivity index is 1.82. The Bertz CT molecular complexity index is 1880. The molecule has 0 fully saturated rings. The largest absolute Gasteiger partial charge is 0.455 e. The van der Waals surface area contributed by atoms with E-state index in [1.807, 2.05) is 6.08 Å². The second-order valence-corrected chi connectivity index (χ2v) is 8.68. The highest BCUT2D eigenvalue weighted by Gasteiger charge is 2.25. The molecular formula is C32H22N2O. The number of nitrogens with zero attached hydrogens (tertiary/aromatic N) is 2. The zero-order chi connectivity index (χ0) is 23.5. The molecule has 0 aliphatic heterocycles. The maximum atomic E-state index is 6.48. The van der Waals surface area contributed by atoms with Crippen LogP contribution in [0.1, 0.15) is 11.3 Å². The van der Waals surface area contributed by atoms with Gasteiger partial charge in [0, 0.05) is 27.7 Å². The first kappa shape index (κ1) is 19.7. The lowest BCUT2D eigenvalue weighted by molar-refractivity contribution is 0.607. The zero-order valence-corrected chi connectivity index (χ0v) is 19.1. The number of hydrogen-bond acceptors (Lipinski definition) is 1. The van der Waals surface area contributed by atoms with Crippen molar-refractivity contribution in [2.24, 2.45) is 0 Å². The van der Waals surface area contributed by atoms with E-state index in [9.17, 15) is 0 Å². The van der Waals surface area contributed by atoms with Gasteiger partial charge < -0.3 is 13.6 Å². The van der Waals surface area contributed by atoms with E-state index in [1.165, 1.54) is 5.39 Å². The summed E-state index contributed by atoms with van der Waals surface area (Å²) in [4.78, 5) is 0. The van der Waals surface area contributed by atoms with Crippen molar-refractivity contribution in [3.63, 3.8) is 0 Å². The van der Waals surface area contributed by atoms with E-state index >= 15 is 0 Å². The molecule has 3 nitrogen and oxygen atoms in total. The highest BCUT2D eigenvalue weighted by atomic mass is 16.3. The van der Waals surface area contributed by atoms with Crippen LogP contribution in [0.4, 0.5) is 0 Å². The van der Waals surface area contributed by atoms with Gasteiger partial charge in [-0.25, -0.2) is 0 Å². The second-order valence-electron chi connectivity index (χ2n) is 8.68. The summed E-state index contributed by atoms with van der Waals surface area (Å²) in [5, 5.41) is 3.32. The first-order valence-corrected chi connectivity index (χ1v) is 11.7. The van der Waals surface area contributed by atoms with Crippen molar-refractivity contribution in [1.29, 1.82) is 0 Å². The number of furan rings is 1. The summed E-state index contributed by atoms with van der Waals surface area (Å²) >= 11 is 0. The summed E-state index contributed by atoms with van der Waals surface area (Å²) in [5.41, 5.74) is 8.60. The van der Waals surface area contributed by atoms with Crippen molar-refractivity contribution in [2.75, 3.05) is 0 Å². The smallest absolute Gasteiger partial charge is 0.146 e. The molecule has 7 aromatic rings. The van der Waals surface area contributed by atoms with Crippen molar-refractivity contribution < 1.29 is 4.42 Å². The molecule has 3 heteroatoms. The highest BCUT2D eigenvalue weighted by Crippen LogP contribution is 2.44. The van der Waals surface area contributed by atoms with Crippen molar-refractivity contribution >= 4 is 56.0 Å². The Hall–Kier alpha value is -4.76. The van der Waals surface area contributed by atoms with Gasteiger partial charge in [0.05, 0.1) is 27.5 Å². The monoisotopic (exact) mass is 450 g/mol. The SMILES string of the molecule is C=Cc1oc2c(ccc3c2c2c(c4ccccc4n2-c2ccccc2)n3-c2ccccc2)c1C=C. The van der Waals surface area contributed by atoms with E-state index < -0.39 is 0 Å². The van der Waals surface area contributed by atoms with Gasteiger partial charge in [-0.3, -0.25) is 0 Å². The third-order valence-corrected chi connectivity index (χ3v) is 6.87. The van der Waals surface area contributed by atoms with Crippen LogP contribution < -0.4 is 0 Å². The molecule has 0 atom stereocenters. The molecule has 4 aromatic carbocycles. The molecule has 0 aliphatic rings. The van der Waals surface area contributed by atoms with Gasteiger partial charge in [0.15, 0.2) is 0 Å². The predicted octanol–water partition coefficient (Wildman–Crippen LogP) is 8.76. The molecule has 0 unspecified atom stereocenters.